The van der Waals surface area contributed by atoms with E-state index in [2.05, 4.69) is 5.32 Å². The number of amides is 1. The van der Waals surface area contributed by atoms with Crippen molar-refractivity contribution < 1.29 is 14.3 Å². The third-order valence-corrected chi connectivity index (χ3v) is 3.71. The second-order valence-electron chi connectivity index (χ2n) is 4.94. The van der Waals surface area contributed by atoms with Gasteiger partial charge in [0.25, 0.3) is 0 Å². The SMILES string of the molecule is CNC(=O)CC(c1ccc(OC)c(OC)c1)C1CC1. The van der Waals surface area contributed by atoms with E-state index in [0.29, 0.717) is 12.3 Å². The number of rotatable bonds is 6. The fraction of sp³-hybridized carbons (Fsp3) is 0.533. The maximum Gasteiger partial charge on any atom is 0.220 e. The van der Waals surface area contributed by atoms with Crippen molar-refractivity contribution in [2.24, 2.45) is 5.92 Å². The summed E-state index contributed by atoms with van der Waals surface area (Å²) in [5.74, 6) is 2.44. The number of hydrogen-bond donors (Lipinski definition) is 1. The Labute approximate surface area is 114 Å². The Hall–Kier alpha value is -1.71. The topological polar surface area (TPSA) is 47.6 Å². The van der Waals surface area contributed by atoms with Crippen molar-refractivity contribution in [3.05, 3.63) is 23.8 Å². The minimum absolute atomic E-state index is 0.0895. The first kappa shape index (κ1) is 13.7. The average molecular weight is 263 g/mol. The Bertz CT molecular complexity index is 455. The summed E-state index contributed by atoms with van der Waals surface area (Å²) in [6, 6.07) is 5.94. The summed E-state index contributed by atoms with van der Waals surface area (Å²) in [7, 11) is 4.94. The normalized spacial score (nSPS) is 15.7. The zero-order valence-corrected chi connectivity index (χ0v) is 11.7. The van der Waals surface area contributed by atoms with E-state index in [0.717, 1.165) is 17.1 Å². The number of carbonyl (C=O) groups excluding carboxylic acids is 1. The Balaban J connectivity index is 2.23. The zero-order chi connectivity index (χ0) is 13.8. The van der Waals surface area contributed by atoms with E-state index in [1.165, 1.54) is 12.8 Å². The minimum Gasteiger partial charge on any atom is -0.493 e. The van der Waals surface area contributed by atoms with Crippen LogP contribution in [-0.4, -0.2) is 27.2 Å². The molecule has 104 valence electrons. The van der Waals surface area contributed by atoms with Gasteiger partial charge in [0.15, 0.2) is 11.5 Å². The monoisotopic (exact) mass is 263 g/mol. The van der Waals surface area contributed by atoms with Crippen LogP contribution in [0.1, 0.15) is 30.7 Å². The smallest absolute Gasteiger partial charge is 0.220 e. The molecular weight excluding hydrogens is 242 g/mol. The highest BCUT2D eigenvalue weighted by molar-refractivity contribution is 5.76. The quantitative estimate of drug-likeness (QED) is 0.857. The summed E-state index contributed by atoms with van der Waals surface area (Å²) in [6.45, 7) is 0. The molecule has 1 fully saturated rings. The predicted octanol–water partition coefficient (Wildman–Crippen LogP) is 2.33. The average Bonchev–Trinajstić information content (AvgIpc) is 3.28. The van der Waals surface area contributed by atoms with Gasteiger partial charge in [0.1, 0.15) is 0 Å². The van der Waals surface area contributed by atoms with Gasteiger partial charge in [-0.1, -0.05) is 6.07 Å². The Morgan fingerprint density at radius 1 is 1.32 bits per heavy atom. The second-order valence-corrected chi connectivity index (χ2v) is 4.94. The largest absolute Gasteiger partial charge is 0.493 e. The number of ether oxygens (including phenoxy) is 2. The van der Waals surface area contributed by atoms with Crippen LogP contribution in [0.25, 0.3) is 0 Å². The van der Waals surface area contributed by atoms with Gasteiger partial charge in [-0.2, -0.15) is 0 Å². The van der Waals surface area contributed by atoms with Crippen LogP contribution in [-0.2, 0) is 4.79 Å². The molecule has 0 bridgehead atoms. The molecule has 0 aliphatic heterocycles. The van der Waals surface area contributed by atoms with Crippen LogP contribution in [0.3, 0.4) is 0 Å². The predicted molar refractivity (Wildman–Crippen MR) is 73.7 cm³/mol. The highest BCUT2D eigenvalue weighted by atomic mass is 16.5. The van der Waals surface area contributed by atoms with E-state index in [4.69, 9.17) is 9.47 Å². The molecule has 1 N–H and O–H groups in total. The van der Waals surface area contributed by atoms with Crippen molar-refractivity contribution in [2.45, 2.75) is 25.2 Å². The third kappa shape index (κ3) is 3.19. The molecule has 4 nitrogen and oxygen atoms in total. The molecule has 0 radical (unpaired) electrons. The van der Waals surface area contributed by atoms with Crippen LogP contribution in [0.5, 0.6) is 11.5 Å². The van der Waals surface area contributed by atoms with E-state index in [1.54, 1.807) is 21.3 Å². The van der Waals surface area contributed by atoms with Gasteiger partial charge in [-0.15, -0.1) is 0 Å². The second kappa shape index (κ2) is 5.95. The van der Waals surface area contributed by atoms with Gasteiger partial charge in [-0.05, 0) is 42.4 Å². The molecule has 0 aromatic heterocycles. The lowest BCUT2D eigenvalue weighted by molar-refractivity contribution is -0.121. The standard InChI is InChI=1S/C15H21NO3/c1-16-15(17)9-12(10-4-5-10)11-6-7-13(18-2)14(8-11)19-3/h6-8,10,12H,4-5,9H2,1-3H3,(H,16,17). The Morgan fingerprint density at radius 2 is 2.00 bits per heavy atom. The summed E-state index contributed by atoms with van der Waals surface area (Å²) in [6.07, 6.45) is 2.95. The summed E-state index contributed by atoms with van der Waals surface area (Å²) in [5.41, 5.74) is 1.16. The molecule has 1 aromatic carbocycles. The van der Waals surface area contributed by atoms with Gasteiger partial charge < -0.3 is 14.8 Å². The molecule has 1 aliphatic carbocycles. The van der Waals surface area contributed by atoms with Gasteiger partial charge in [-0.3, -0.25) is 4.79 Å². The molecule has 19 heavy (non-hydrogen) atoms. The van der Waals surface area contributed by atoms with Gasteiger partial charge in [0.2, 0.25) is 5.91 Å². The van der Waals surface area contributed by atoms with E-state index >= 15 is 0 Å². The molecule has 1 saturated carbocycles. The van der Waals surface area contributed by atoms with Crippen molar-refractivity contribution in [3.63, 3.8) is 0 Å². The highest BCUT2D eigenvalue weighted by Gasteiger charge is 2.33. The molecular formula is C15H21NO3. The van der Waals surface area contributed by atoms with E-state index in [9.17, 15) is 4.79 Å². The van der Waals surface area contributed by atoms with Crippen LogP contribution in [0.2, 0.25) is 0 Å². The van der Waals surface area contributed by atoms with Crippen molar-refractivity contribution in [1.29, 1.82) is 0 Å². The minimum atomic E-state index is 0.0895. The summed E-state index contributed by atoms with van der Waals surface area (Å²) in [5, 5.41) is 2.70. The molecule has 2 rings (SSSR count). The molecule has 1 aliphatic rings. The van der Waals surface area contributed by atoms with E-state index in [1.807, 2.05) is 18.2 Å². The fourth-order valence-corrected chi connectivity index (χ4v) is 2.44. The summed E-state index contributed by atoms with van der Waals surface area (Å²) < 4.78 is 10.6. The zero-order valence-electron chi connectivity index (χ0n) is 11.7. The molecule has 1 aromatic rings. The number of benzene rings is 1. The van der Waals surface area contributed by atoms with Crippen molar-refractivity contribution in [2.75, 3.05) is 21.3 Å². The maximum atomic E-state index is 11.6. The molecule has 0 heterocycles. The van der Waals surface area contributed by atoms with Crippen molar-refractivity contribution in [3.8, 4) is 11.5 Å². The lowest BCUT2D eigenvalue weighted by atomic mass is 9.90. The fourth-order valence-electron chi connectivity index (χ4n) is 2.44. The lowest BCUT2D eigenvalue weighted by Gasteiger charge is -2.18. The van der Waals surface area contributed by atoms with Crippen LogP contribution < -0.4 is 14.8 Å². The Morgan fingerprint density at radius 3 is 2.53 bits per heavy atom. The van der Waals surface area contributed by atoms with Gasteiger partial charge >= 0.3 is 0 Å². The van der Waals surface area contributed by atoms with E-state index in [-0.39, 0.29) is 11.8 Å². The molecule has 1 atom stereocenters. The molecule has 1 amide bonds. The van der Waals surface area contributed by atoms with Crippen LogP contribution in [0.15, 0.2) is 18.2 Å². The molecule has 1 unspecified atom stereocenters. The maximum absolute atomic E-state index is 11.6. The van der Waals surface area contributed by atoms with Crippen LogP contribution in [0, 0.1) is 5.92 Å². The first-order valence-electron chi connectivity index (χ1n) is 6.62. The van der Waals surface area contributed by atoms with Crippen LogP contribution in [0.4, 0.5) is 0 Å². The first-order valence-corrected chi connectivity index (χ1v) is 6.62. The number of hydrogen-bond acceptors (Lipinski definition) is 3. The molecule has 0 spiro atoms. The van der Waals surface area contributed by atoms with Gasteiger partial charge in [0.05, 0.1) is 14.2 Å². The highest BCUT2D eigenvalue weighted by Crippen LogP contribution is 2.45. The van der Waals surface area contributed by atoms with Crippen LogP contribution >= 0.6 is 0 Å². The number of nitrogens with one attached hydrogen (secondary N) is 1. The summed E-state index contributed by atoms with van der Waals surface area (Å²) >= 11 is 0. The number of carbonyl (C=O) groups is 1. The first-order chi connectivity index (χ1) is 9.19. The third-order valence-electron chi connectivity index (χ3n) is 3.71. The molecule has 0 saturated heterocycles. The summed E-state index contributed by atoms with van der Waals surface area (Å²) in [4.78, 5) is 11.6. The van der Waals surface area contributed by atoms with Crippen molar-refractivity contribution in [1.82, 2.24) is 5.32 Å². The number of methoxy groups -OCH3 is 2. The van der Waals surface area contributed by atoms with E-state index < -0.39 is 0 Å². The van der Waals surface area contributed by atoms with Gasteiger partial charge in [0, 0.05) is 13.5 Å². The van der Waals surface area contributed by atoms with Crippen molar-refractivity contribution >= 4 is 5.91 Å². The van der Waals surface area contributed by atoms with Gasteiger partial charge in [-0.25, -0.2) is 0 Å². The lowest BCUT2D eigenvalue weighted by Crippen LogP contribution is -2.21. The Kier molecular flexibility index (Phi) is 4.30. The molecule has 4 heteroatoms.